The molecule has 1 aliphatic rings. The fourth-order valence-corrected chi connectivity index (χ4v) is 2.69. The lowest BCUT2D eigenvalue weighted by molar-refractivity contribution is -0.136. The number of hydrogen-bond donors (Lipinski definition) is 1. The van der Waals surface area contributed by atoms with Crippen molar-refractivity contribution in [2.45, 2.75) is 25.9 Å². The SMILES string of the molecule is CN1CCN(c2nccc(CN)c2Cl)C(C)(C)C1=O. The number of carbonyl (C=O) groups is 1. The maximum atomic E-state index is 12.3. The van der Waals surface area contributed by atoms with Crippen molar-refractivity contribution in [1.82, 2.24) is 9.88 Å². The van der Waals surface area contributed by atoms with Gasteiger partial charge in [-0.2, -0.15) is 0 Å². The first-order chi connectivity index (χ1) is 8.89. The summed E-state index contributed by atoms with van der Waals surface area (Å²) >= 11 is 6.34. The summed E-state index contributed by atoms with van der Waals surface area (Å²) in [5.74, 6) is 0.700. The standard InChI is InChI=1S/C13H19ClN4O/c1-13(2)12(19)17(3)6-7-18(13)11-10(14)9(8-15)4-5-16-11/h4-5H,6-8,15H2,1-3H3. The fourth-order valence-electron chi connectivity index (χ4n) is 2.40. The normalized spacial score (nSPS) is 18.9. The van der Waals surface area contributed by atoms with Crippen molar-refractivity contribution >= 4 is 23.3 Å². The Bertz CT molecular complexity index is 503. The molecule has 0 radical (unpaired) electrons. The van der Waals surface area contributed by atoms with Crippen LogP contribution in [0.4, 0.5) is 5.82 Å². The van der Waals surface area contributed by atoms with Gasteiger partial charge in [0.05, 0.1) is 5.02 Å². The van der Waals surface area contributed by atoms with Gasteiger partial charge in [-0.25, -0.2) is 4.98 Å². The number of piperazine rings is 1. The van der Waals surface area contributed by atoms with Gasteiger partial charge < -0.3 is 15.5 Å². The highest BCUT2D eigenvalue weighted by Gasteiger charge is 2.41. The van der Waals surface area contributed by atoms with Crippen LogP contribution in [-0.4, -0.2) is 41.5 Å². The molecule has 5 nitrogen and oxygen atoms in total. The first-order valence-corrected chi connectivity index (χ1v) is 6.64. The minimum Gasteiger partial charge on any atom is -0.342 e. The summed E-state index contributed by atoms with van der Waals surface area (Å²) in [5, 5.41) is 0.537. The second kappa shape index (κ2) is 4.98. The molecule has 1 aromatic heterocycles. The molecular formula is C13H19ClN4O. The molecule has 1 aromatic rings. The molecule has 0 aliphatic carbocycles. The van der Waals surface area contributed by atoms with E-state index in [1.54, 1.807) is 17.2 Å². The number of rotatable bonds is 2. The number of halogens is 1. The van der Waals surface area contributed by atoms with Crippen LogP contribution in [0.2, 0.25) is 5.02 Å². The van der Waals surface area contributed by atoms with E-state index in [1.807, 2.05) is 25.8 Å². The first kappa shape index (κ1) is 14.1. The van der Waals surface area contributed by atoms with Gasteiger partial charge in [-0.3, -0.25) is 4.79 Å². The predicted octanol–water partition coefficient (Wildman–Crippen LogP) is 1.25. The quantitative estimate of drug-likeness (QED) is 0.887. The Hall–Kier alpha value is -1.33. The van der Waals surface area contributed by atoms with Crippen molar-refractivity contribution in [2.24, 2.45) is 5.73 Å². The van der Waals surface area contributed by atoms with Crippen LogP contribution in [0.3, 0.4) is 0 Å². The molecule has 2 heterocycles. The van der Waals surface area contributed by atoms with Crippen molar-refractivity contribution in [3.63, 3.8) is 0 Å². The van der Waals surface area contributed by atoms with Crippen LogP contribution in [-0.2, 0) is 11.3 Å². The van der Waals surface area contributed by atoms with E-state index in [-0.39, 0.29) is 5.91 Å². The van der Waals surface area contributed by atoms with Crippen LogP contribution < -0.4 is 10.6 Å². The van der Waals surface area contributed by atoms with E-state index in [4.69, 9.17) is 17.3 Å². The molecule has 0 aromatic carbocycles. The number of likely N-dealkylation sites (N-methyl/N-ethyl adjacent to an activating group) is 1. The number of nitrogens with two attached hydrogens (primary N) is 1. The van der Waals surface area contributed by atoms with Crippen LogP contribution in [0, 0.1) is 0 Å². The Balaban J connectivity index is 2.44. The molecule has 0 atom stereocenters. The zero-order valence-electron chi connectivity index (χ0n) is 11.5. The van der Waals surface area contributed by atoms with Gasteiger partial charge >= 0.3 is 0 Å². The summed E-state index contributed by atoms with van der Waals surface area (Å²) in [4.78, 5) is 20.3. The fraction of sp³-hybridized carbons (Fsp3) is 0.538. The lowest BCUT2D eigenvalue weighted by atomic mass is 9.97. The zero-order valence-corrected chi connectivity index (χ0v) is 12.2. The van der Waals surface area contributed by atoms with E-state index in [9.17, 15) is 4.79 Å². The maximum Gasteiger partial charge on any atom is 0.247 e. The van der Waals surface area contributed by atoms with Gasteiger partial charge in [-0.1, -0.05) is 11.6 Å². The predicted molar refractivity (Wildman–Crippen MR) is 76.2 cm³/mol. The minimum atomic E-state index is -0.656. The molecule has 1 saturated heterocycles. The number of pyridine rings is 1. The molecule has 104 valence electrons. The molecule has 1 fully saturated rings. The molecule has 0 unspecified atom stereocenters. The van der Waals surface area contributed by atoms with Gasteiger partial charge in [0.1, 0.15) is 11.4 Å². The van der Waals surface area contributed by atoms with Gasteiger partial charge in [0.15, 0.2) is 0 Å². The van der Waals surface area contributed by atoms with E-state index in [1.165, 1.54) is 0 Å². The van der Waals surface area contributed by atoms with E-state index in [0.29, 0.717) is 30.5 Å². The highest BCUT2D eigenvalue weighted by Crippen LogP contribution is 2.33. The number of aromatic nitrogens is 1. The third-order valence-corrected chi connectivity index (χ3v) is 4.04. The van der Waals surface area contributed by atoms with Crippen molar-refractivity contribution in [3.8, 4) is 0 Å². The summed E-state index contributed by atoms with van der Waals surface area (Å²) in [5.41, 5.74) is 5.85. The van der Waals surface area contributed by atoms with Gasteiger partial charge in [0.2, 0.25) is 5.91 Å². The summed E-state index contributed by atoms with van der Waals surface area (Å²) in [6.07, 6.45) is 1.68. The number of amides is 1. The molecule has 0 spiro atoms. The Morgan fingerprint density at radius 1 is 1.47 bits per heavy atom. The molecule has 0 bridgehead atoms. The third kappa shape index (κ3) is 2.28. The second-order valence-corrected chi connectivity index (χ2v) is 5.63. The average Bonchev–Trinajstić information content (AvgIpc) is 2.37. The lowest BCUT2D eigenvalue weighted by Crippen LogP contribution is -2.62. The van der Waals surface area contributed by atoms with E-state index >= 15 is 0 Å². The van der Waals surface area contributed by atoms with Crippen molar-refractivity contribution in [1.29, 1.82) is 0 Å². The van der Waals surface area contributed by atoms with Gasteiger partial charge in [-0.15, -0.1) is 0 Å². The van der Waals surface area contributed by atoms with Crippen LogP contribution in [0.1, 0.15) is 19.4 Å². The van der Waals surface area contributed by atoms with Crippen LogP contribution >= 0.6 is 11.6 Å². The Kier molecular flexibility index (Phi) is 3.69. The van der Waals surface area contributed by atoms with Crippen molar-refractivity contribution < 1.29 is 4.79 Å². The molecule has 1 aliphatic heterocycles. The molecule has 0 saturated carbocycles. The molecule has 19 heavy (non-hydrogen) atoms. The van der Waals surface area contributed by atoms with E-state index in [0.717, 1.165) is 5.56 Å². The zero-order chi connectivity index (χ0) is 14.2. The van der Waals surface area contributed by atoms with Crippen LogP contribution in [0.15, 0.2) is 12.3 Å². The van der Waals surface area contributed by atoms with Gasteiger partial charge in [0, 0.05) is 32.9 Å². The molecule has 6 heteroatoms. The summed E-state index contributed by atoms with van der Waals surface area (Å²) in [6.45, 7) is 5.50. The summed E-state index contributed by atoms with van der Waals surface area (Å²) in [7, 11) is 1.81. The first-order valence-electron chi connectivity index (χ1n) is 6.26. The number of nitrogens with zero attached hydrogens (tertiary/aromatic N) is 3. The molecule has 1 amide bonds. The molecular weight excluding hydrogens is 264 g/mol. The number of hydrogen-bond acceptors (Lipinski definition) is 4. The van der Waals surface area contributed by atoms with E-state index in [2.05, 4.69) is 4.98 Å². The molecule has 2 rings (SSSR count). The van der Waals surface area contributed by atoms with Crippen LogP contribution in [0.5, 0.6) is 0 Å². The largest absolute Gasteiger partial charge is 0.342 e. The number of carbonyl (C=O) groups excluding carboxylic acids is 1. The van der Waals surface area contributed by atoms with Crippen LogP contribution in [0.25, 0.3) is 0 Å². The average molecular weight is 283 g/mol. The Morgan fingerprint density at radius 3 is 2.79 bits per heavy atom. The highest BCUT2D eigenvalue weighted by molar-refractivity contribution is 6.33. The van der Waals surface area contributed by atoms with Crippen molar-refractivity contribution in [2.75, 3.05) is 25.0 Å². The van der Waals surface area contributed by atoms with Crippen molar-refractivity contribution in [3.05, 3.63) is 22.8 Å². The van der Waals surface area contributed by atoms with Gasteiger partial charge in [0.25, 0.3) is 0 Å². The van der Waals surface area contributed by atoms with E-state index < -0.39 is 5.54 Å². The maximum absolute atomic E-state index is 12.3. The monoisotopic (exact) mass is 282 g/mol. The second-order valence-electron chi connectivity index (χ2n) is 5.25. The minimum absolute atomic E-state index is 0.0646. The Labute approximate surface area is 118 Å². The topological polar surface area (TPSA) is 62.5 Å². The molecule has 2 N–H and O–H groups in total. The highest BCUT2D eigenvalue weighted by atomic mass is 35.5. The number of anilines is 1. The lowest BCUT2D eigenvalue weighted by Gasteiger charge is -2.45. The smallest absolute Gasteiger partial charge is 0.247 e. The Morgan fingerprint density at radius 2 is 2.16 bits per heavy atom. The third-order valence-electron chi connectivity index (χ3n) is 3.63. The van der Waals surface area contributed by atoms with Gasteiger partial charge in [-0.05, 0) is 25.5 Å². The summed E-state index contributed by atoms with van der Waals surface area (Å²) in [6, 6.07) is 1.80. The summed E-state index contributed by atoms with van der Waals surface area (Å²) < 4.78 is 0.